The van der Waals surface area contributed by atoms with Crippen LogP contribution in [0.1, 0.15) is 49.5 Å². The number of pyridine rings is 1. The Hall–Kier alpha value is -1.87. The summed E-state index contributed by atoms with van der Waals surface area (Å²) in [7, 11) is 0. The Morgan fingerprint density at radius 2 is 1.82 bits per heavy atom. The minimum absolute atomic E-state index is 0.342. The number of hydrogen-bond acceptors (Lipinski definition) is 3. The number of aliphatic hydroxyl groups is 1. The number of aromatic nitrogens is 1. The fraction of sp³-hybridized carbons (Fsp3) is 0.421. The zero-order valence-corrected chi connectivity index (χ0v) is 12.8. The van der Waals surface area contributed by atoms with Gasteiger partial charge in [-0.25, -0.2) is 0 Å². The lowest BCUT2D eigenvalue weighted by atomic mass is 9.83. The van der Waals surface area contributed by atoms with Crippen molar-refractivity contribution in [3.05, 3.63) is 59.9 Å². The van der Waals surface area contributed by atoms with Crippen LogP contribution >= 0.6 is 0 Å². The molecule has 1 aliphatic carbocycles. The zero-order valence-electron chi connectivity index (χ0n) is 12.8. The van der Waals surface area contributed by atoms with E-state index < -0.39 is 0 Å². The Kier molecular flexibility index (Phi) is 5.07. The van der Waals surface area contributed by atoms with Crippen molar-refractivity contribution < 1.29 is 9.84 Å². The van der Waals surface area contributed by atoms with Crippen LogP contribution in [0.5, 0.6) is 5.75 Å². The van der Waals surface area contributed by atoms with Gasteiger partial charge >= 0.3 is 0 Å². The number of nitrogens with zero attached hydrogens (tertiary/aromatic N) is 1. The van der Waals surface area contributed by atoms with Gasteiger partial charge in [-0.1, -0.05) is 37.5 Å². The Morgan fingerprint density at radius 3 is 2.50 bits per heavy atom. The number of hydrogen-bond donors (Lipinski definition) is 1. The molecule has 1 aromatic heterocycles. The molecular weight excluding hydrogens is 274 g/mol. The molecule has 1 heterocycles. The van der Waals surface area contributed by atoms with E-state index in [4.69, 9.17) is 4.74 Å². The predicted octanol–water partition coefficient (Wildman–Crippen LogP) is 4.27. The highest BCUT2D eigenvalue weighted by molar-refractivity contribution is 5.29. The molecule has 22 heavy (non-hydrogen) atoms. The van der Waals surface area contributed by atoms with Gasteiger partial charge in [-0.05, 0) is 48.6 Å². The van der Waals surface area contributed by atoms with Crippen LogP contribution in [-0.2, 0) is 6.61 Å². The van der Waals surface area contributed by atoms with Crippen molar-refractivity contribution in [2.45, 2.75) is 44.8 Å². The third kappa shape index (κ3) is 3.86. The molecule has 1 unspecified atom stereocenters. The van der Waals surface area contributed by atoms with Crippen LogP contribution < -0.4 is 4.74 Å². The van der Waals surface area contributed by atoms with Gasteiger partial charge in [0.1, 0.15) is 12.4 Å². The van der Waals surface area contributed by atoms with Gasteiger partial charge in [-0.2, -0.15) is 0 Å². The maximum Gasteiger partial charge on any atom is 0.130 e. The van der Waals surface area contributed by atoms with Crippen LogP contribution in [0.4, 0.5) is 0 Å². The quantitative estimate of drug-likeness (QED) is 0.896. The molecule has 2 aromatic rings. The summed E-state index contributed by atoms with van der Waals surface area (Å²) >= 11 is 0. The Labute approximate surface area is 132 Å². The molecule has 1 N–H and O–H groups in total. The highest BCUT2D eigenvalue weighted by Gasteiger charge is 2.22. The fourth-order valence-corrected chi connectivity index (χ4v) is 3.12. The molecule has 0 radical (unpaired) electrons. The number of ether oxygens (including phenoxy) is 1. The summed E-state index contributed by atoms with van der Waals surface area (Å²) in [6.07, 6.45) is 7.49. The molecule has 0 amide bonds. The van der Waals surface area contributed by atoms with Gasteiger partial charge in [0.25, 0.3) is 0 Å². The largest absolute Gasteiger partial charge is 0.487 e. The summed E-state index contributed by atoms with van der Waals surface area (Å²) in [5.41, 5.74) is 1.91. The van der Waals surface area contributed by atoms with Gasteiger partial charge in [-0.3, -0.25) is 4.98 Å². The van der Waals surface area contributed by atoms with E-state index in [-0.39, 0.29) is 6.10 Å². The van der Waals surface area contributed by atoms with Gasteiger partial charge in [0.2, 0.25) is 0 Å². The number of rotatable bonds is 5. The van der Waals surface area contributed by atoms with Crippen LogP contribution in [0, 0.1) is 5.92 Å². The lowest BCUT2D eigenvalue weighted by Crippen LogP contribution is -2.15. The van der Waals surface area contributed by atoms with Crippen molar-refractivity contribution in [1.29, 1.82) is 0 Å². The highest BCUT2D eigenvalue weighted by atomic mass is 16.5. The maximum atomic E-state index is 10.5. The Morgan fingerprint density at radius 1 is 1.05 bits per heavy atom. The molecule has 0 bridgehead atoms. The van der Waals surface area contributed by atoms with Crippen molar-refractivity contribution in [3.63, 3.8) is 0 Å². The van der Waals surface area contributed by atoms with Gasteiger partial charge in [-0.15, -0.1) is 0 Å². The molecule has 1 saturated carbocycles. The monoisotopic (exact) mass is 297 g/mol. The topological polar surface area (TPSA) is 42.4 Å². The van der Waals surface area contributed by atoms with E-state index in [1.165, 1.54) is 19.3 Å². The first-order valence-electron chi connectivity index (χ1n) is 8.13. The standard InChI is InChI=1S/C19H23NO2/c21-19(15-6-2-1-3-7-15)16-9-11-18(12-10-16)22-14-17-8-4-5-13-20-17/h4-5,8-13,15,19,21H,1-3,6-7,14H2. The molecule has 0 aliphatic heterocycles. The highest BCUT2D eigenvalue weighted by Crippen LogP contribution is 2.34. The van der Waals surface area contributed by atoms with E-state index in [0.717, 1.165) is 29.8 Å². The number of benzene rings is 1. The second-order valence-corrected chi connectivity index (χ2v) is 6.02. The second-order valence-electron chi connectivity index (χ2n) is 6.02. The fourth-order valence-electron chi connectivity index (χ4n) is 3.12. The van der Waals surface area contributed by atoms with Crippen molar-refractivity contribution in [1.82, 2.24) is 4.98 Å². The normalized spacial score (nSPS) is 17.1. The SMILES string of the molecule is OC(c1ccc(OCc2ccccn2)cc1)C1CCCCC1. The lowest BCUT2D eigenvalue weighted by molar-refractivity contribution is 0.0848. The smallest absolute Gasteiger partial charge is 0.130 e. The molecule has 3 heteroatoms. The minimum atomic E-state index is -0.342. The third-order valence-corrected chi connectivity index (χ3v) is 4.43. The van der Waals surface area contributed by atoms with Crippen LogP contribution in [-0.4, -0.2) is 10.1 Å². The Balaban J connectivity index is 1.57. The van der Waals surface area contributed by atoms with Gasteiger partial charge < -0.3 is 9.84 Å². The zero-order chi connectivity index (χ0) is 15.2. The van der Waals surface area contributed by atoms with Crippen LogP contribution in [0.15, 0.2) is 48.7 Å². The summed E-state index contributed by atoms with van der Waals surface area (Å²) < 4.78 is 5.73. The Bertz CT molecular complexity index is 562. The summed E-state index contributed by atoms with van der Waals surface area (Å²) in [5.74, 6) is 1.22. The molecule has 0 spiro atoms. The van der Waals surface area contributed by atoms with Gasteiger partial charge in [0.05, 0.1) is 11.8 Å². The van der Waals surface area contributed by atoms with E-state index in [1.807, 2.05) is 42.5 Å². The third-order valence-electron chi connectivity index (χ3n) is 4.43. The minimum Gasteiger partial charge on any atom is -0.487 e. The van der Waals surface area contributed by atoms with Crippen molar-refractivity contribution in [3.8, 4) is 5.75 Å². The summed E-state index contributed by atoms with van der Waals surface area (Å²) in [6.45, 7) is 0.464. The molecule has 116 valence electrons. The van der Waals surface area contributed by atoms with Crippen LogP contribution in [0.3, 0.4) is 0 Å². The molecule has 1 atom stereocenters. The molecule has 3 nitrogen and oxygen atoms in total. The van der Waals surface area contributed by atoms with Crippen molar-refractivity contribution in [2.24, 2.45) is 5.92 Å². The molecule has 0 saturated heterocycles. The first-order chi connectivity index (χ1) is 10.8. The molecule has 1 aliphatic rings. The van der Waals surface area contributed by atoms with E-state index in [0.29, 0.717) is 12.5 Å². The van der Waals surface area contributed by atoms with Crippen LogP contribution in [0.25, 0.3) is 0 Å². The maximum absolute atomic E-state index is 10.5. The molecule has 1 fully saturated rings. The molecule has 1 aromatic carbocycles. The van der Waals surface area contributed by atoms with Crippen LogP contribution in [0.2, 0.25) is 0 Å². The molecule has 3 rings (SSSR count). The van der Waals surface area contributed by atoms with Crippen molar-refractivity contribution in [2.75, 3.05) is 0 Å². The molecular formula is C19H23NO2. The van der Waals surface area contributed by atoms with E-state index in [1.54, 1.807) is 6.20 Å². The van der Waals surface area contributed by atoms with E-state index >= 15 is 0 Å². The first kappa shape index (κ1) is 15.0. The summed E-state index contributed by atoms with van der Waals surface area (Å²) in [5, 5.41) is 10.5. The van der Waals surface area contributed by atoms with Gasteiger partial charge in [0.15, 0.2) is 0 Å². The lowest BCUT2D eigenvalue weighted by Gasteiger charge is -2.26. The van der Waals surface area contributed by atoms with Gasteiger partial charge in [0, 0.05) is 6.20 Å². The first-order valence-corrected chi connectivity index (χ1v) is 8.13. The van der Waals surface area contributed by atoms with E-state index in [9.17, 15) is 5.11 Å². The predicted molar refractivity (Wildman–Crippen MR) is 86.5 cm³/mol. The second kappa shape index (κ2) is 7.41. The number of aliphatic hydroxyl groups excluding tert-OH is 1. The van der Waals surface area contributed by atoms with E-state index in [2.05, 4.69) is 4.98 Å². The van der Waals surface area contributed by atoms with Crippen molar-refractivity contribution >= 4 is 0 Å². The summed E-state index contributed by atoms with van der Waals surface area (Å²) in [4.78, 5) is 4.24. The summed E-state index contributed by atoms with van der Waals surface area (Å²) in [6, 6.07) is 13.6. The average molecular weight is 297 g/mol. The average Bonchev–Trinajstić information content (AvgIpc) is 2.61.